The first-order chi connectivity index (χ1) is 18.1. The van der Waals surface area contributed by atoms with Crippen molar-refractivity contribution in [1.82, 2.24) is 10.2 Å². The summed E-state index contributed by atoms with van der Waals surface area (Å²) in [5, 5.41) is 2.85. The Bertz CT molecular complexity index is 1060. The number of carbonyl (C=O) groups is 3. The van der Waals surface area contributed by atoms with E-state index in [-0.39, 0.29) is 25.6 Å². The van der Waals surface area contributed by atoms with Crippen LogP contribution in [0.15, 0.2) is 48.5 Å². The molecular formula is C30H40N2O6. The van der Waals surface area contributed by atoms with Crippen LogP contribution in [0.5, 0.6) is 0 Å². The molecule has 0 radical (unpaired) electrons. The summed E-state index contributed by atoms with van der Waals surface area (Å²) in [7, 11) is 0. The fourth-order valence-corrected chi connectivity index (χ4v) is 4.41. The molecule has 0 fully saturated rings. The standard InChI is InChI=1S/C30H40N2O6/c1-6-8-17-36-27(33)19-32(29(35)38-30(3,4)5)18-21(7-2)31-28(34)37-20-26-24-15-11-9-13-22(24)23-14-10-12-16-25(23)26/h9-16,21,26H,6-8,17-20H2,1-5H3,(H,31,34)/t21-/m0/s1. The molecule has 2 aromatic carbocycles. The highest BCUT2D eigenvalue weighted by atomic mass is 16.6. The number of nitrogens with zero attached hydrogens (tertiary/aromatic N) is 1. The van der Waals surface area contributed by atoms with E-state index in [0.717, 1.165) is 35.1 Å². The molecule has 8 nitrogen and oxygen atoms in total. The zero-order valence-corrected chi connectivity index (χ0v) is 23.1. The first kappa shape index (κ1) is 29.0. The van der Waals surface area contributed by atoms with Gasteiger partial charge in [-0.15, -0.1) is 0 Å². The monoisotopic (exact) mass is 524 g/mol. The van der Waals surface area contributed by atoms with Gasteiger partial charge in [-0.05, 0) is 55.9 Å². The molecule has 1 aliphatic rings. The van der Waals surface area contributed by atoms with Crippen LogP contribution < -0.4 is 5.32 Å². The Balaban J connectivity index is 1.62. The molecule has 1 aliphatic carbocycles. The third kappa shape index (κ3) is 7.97. The molecule has 2 aromatic rings. The zero-order valence-electron chi connectivity index (χ0n) is 23.1. The van der Waals surface area contributed by atoms with Crippen LogP contribution in [-0.4, -0.2) is 61.0 Å². The Hall–Kier alpha value is -3.55. The van der Waals surface area contributed by atoms with Gasteiger partial charge in [-0.3, -0.25) is 9.69 Å². The number of rotatable bonds is 11. The molecule has 1 N–H and O–H groups in total. The lowest BCUT2D eigenvalue weighted by Gasteiger charge is -2.29. The minimum atomic E-state index is -0.733. The van der Waals surface area contributed by atoms with E-state index in [9.17, 15) is 14.4 Å². The van der Waals surface area contributed by atoms with Gasteiger partial charge >= 0.3 is 18.2 Å². The Labute approximate surface area is 225 Å². The van der Waals surface area contributed by atoms with Crippen molar-refractivity contribution in [3.63, 3.8) is 0 Å². The van der Waals surface area contributed by atoms with Gasteiger partial charge in [0.1, 0.15) is 18.8 Å². The van der Waals surface area contributed by atoms with Gasteiger partial charge in [0.05, 0.1) is 6.61 Å². The Morgan fingerprint density at radius 2 is 1.55 bits per heavy atom. The third-order valence-corrected chi connectivity index (χ3v) is 6.33. The molecule has 2 amide bonds. The maximum absolute atomic E-state index is 12.8. The molecule has 0 aliphatic heterocycles. The highest BCUT2D eigenvalue weighted by Gasteiger charge is 2.30. The number of hydrogen-bond acceptors (Lipinski definition) is 6. The highest BCUT2D eigenvalue weighted by molar-refractivity contribution is 5.79. The molecular weight excluding hydrogens is 484 g/mol. The van der Waals surface area contributed by atoms with Gasteiger partial charge in [-0.2, -0.15) is 0 Å². The molecule has 0 unspecified atom stereocenters. The van der Waals surface area contributed by atoms with E-state index in [1.54, 1.807) is 20.8 Å². The smallest absolute Gasteiger partial charge is 0.410 e. The molecule has 0 bridgehead atoms. The van der Waals surface area contributed by atoms with Gasteiger partial charge in [0.2, 0.25) is 0 Å². The minimum Gasteiger partial charge on any atom is -0.464 e. The van der Waals surface area contributed by atoms with E-state index in [4.69, 9.17) is 14.2 Å². The van der Waals surface area contributed by atoms with Gasteiger partial charge < -0.3 is 19.5 Å². The molecule has 1 atom stereocenters. The number of carbonyl (C=O) groups excluding carboxylic acids is 3. The lowest BCUT2D eigenvalue weighted by Crippen LogP contribution is -2.49. The molecule has 0 aromatic heterocycles. The second-order valence-corrected chi connectivity index (χ2v) is 10.5. The van der Waals surface area contributed by atoms with Crippen LogP contribution in [0.4, 0.5) is 9.59 Å². The number of unbranched alkanes of at least 4 members (excludes halogenated alkanes) is 1. The van der Waals surface area contributed by atoms with Crippen molar-refractivity contribution < 1.29 is 28.6 Å². The van der Waals surface area contributed by atoms with E-state index in [0.29, 0.717) is 13.0 Å². The van der Waals surface area contributed by atoms with Crippen molar-refractivity contribution >= 4 is 18.2 Å². The molecule has 0 saturated carbocycles. The second-order valence-electron chi connectivity index (χ2n) is 10.5. The van der Waals surface area contributed by atoms with Crippen molar-refractivity contribution in [2.75, 3.05) is 26.3 Å². The predicted molar refractivity (Wildman–Crippen MR) is 146 cm³/mol. The number of fused-ring (bicyclic) bond motifs is 3. The number of alkyl carbamates (subject to hydrolysis) is 1. The number of esters is 1. The lowest BCUT2D eigenvalue weighted by atomic mass is 9.98. The van der Waals surface area contributed by atoms with E-state index < -0.39 is 29.8 Å². The average Bonchev–Trinajstić information content (AvgIpc) is 3.19. The number of nitrogens with one attached hydrogen (secondary N) is 1. The van der Waals surface area contributed by atoms with Crippen molar-refractivity contribution in [2.45, 2.75) is 71.4 Å². The lowest BCUT2D eigenvalue weighted by molar-refractivity contribution is -0.145. The van der Waals surface area contributed by atoms with Gasteiger partial charge in [-0.1, -0.05) is 68.8 Å². The predicted octanol–water partition coefficient (Wildman–Crippen LogP) is 5.88. The van der Waals surface area contributed by atoms with Gasteiger partial charge in [0.25, 0.3) is 0 Å². The summed E-state index contributed by atoms with van der Waals surface area (Å²) in [5.41, 5.74) is 3.84. The molecule has 0 saturated heterocycles. The van der Waals surface area contributed by atoms with E-state index in [2.05, 4.69) is 29.6 Å². The van der Waals surface area contributed by atoms with E-state index in [1.165, 1.54) is 4.90 Å². The van der Waals surface area contributed by atoms with Crippen LogP contribution in [0, 0.1) is 0 Å². The van der Waals surface area contributed by atoms with Gasteiger partial charge in [0.15, 0.2) is 0 Å². The summed E-state index contributed by atoms with van der Waals surface area (Å²) < 4.78 is 16.4. The molecule has 0 heterocycles. The maximum Gasteiger partial charge on any atom is 0.410 e. The number of benzene rings is 2. The fraction of sp³-hybridized carbons (Fsp3) is 0.500. The first-order valence-corrected chi connectivity index (χ1v) is 13.4. The topological polar surface area (TPSA) is 94.2 Å². The second kappa shape index (κ2) is 13.3. The number of amides is 2. The Kier molecular flexibility index (Phi) is 10.2. The molecule has 0 spiro atoms. The summed E-state index contributed by atoms with van der Waals surface area (Å²) in [6, 6.07) is 15.8. The third-order valence-electron chi connectivity index (χ3n) is 6.33. The van der Waals surface area contributed by atoms with Crippen molar-refractivity contribution in [3.8, 4) is 11.1 Å². The van der Waals surface area contributed by atoms with Crippen LogP contribution in [-0.2, 0) is 19.0 Å². The highest BCUT2D eigenvalue weighted by Crippen LogP contribution is 2.44. The Morgan fingerprint density at radius 3 is 2.11 bits per heavy atom. The van der Waals surface area contributed by atoms with Crippen LogP contribution in [0.25, 0.3) is 11.1 Å². The first-order valence-electron chi connectivity index (χ1n) is 13.4. The van der Waals surface area contributed by atoms with Crippen LogP contribution in [0.3, 0.4) is 0 Å². The van der Waals surface area contributed by atoms with Crippen LogP contribution >= 0.6 is 0 Å². The molecule has 206 valence electrons. The molecule has 38 heavy (non-hydrogen) atoms. The van der Waals surface area contributed by atoms with E-state index >= 15 is 0 Å². The zero-order chi connectivity index (χ0) is 27.7. The molecule has 8 heteroatoms. The maximum atomic E-state index is 12.8. The van der Waals surface area contributed by atoms with Crippen molar-refractivity contribution in [2.24, 2.45) is 0 Å². The number of hydrogen-bond donors (Lipinski definition) is 1. The fourth-order valence-electron chi connectivity index (χ4n) is 4.41. The number of ether oxygens (including phenoxy) is 3. The van der Waals surface area contributed by atoms with Crippen LogP contribution in [0.2, 0.25) is 0 Å². The SMILES string of the molecule is CCCCOC(=O)CN(C[C@H](CC)NC(=O)OCC1c2ccccc2-c2ccccc21)C(=O)OC(C)(C)C. The van der Waals surface area contributed by atoms with Gasteiger partial charge in [0, 0.05) is 18.5 Å². The van der Waals surface area contributed by atoms with Crippen LogP contribution in [0.1, 0.15) is 70.9 Å². The largest absolute Gasteiger partial charge is 0.464 e. The minimum absolute atomic E-state index is 0.0515. The normalized spacial score (nSPS) is 13.2. The summed E-state index contributed by atoms with van der Waals surface area (Å²) in [6.45, 7) is 9.48. The Morgan fingerprint density at radius 1 is 0.947 bits per heavy atom. The quantitative estimate of drug-likeness (QED) is 0.224. The summed E-state index contributed by atoms with van der Waals surface area (Å²) in [5.74, 6) is -0.565. The molecule has 3 rings (SSSR count). The van der Waals surface area contributed by atoms with Gasteiger partial charge in [-0.25, -0.2) is 9.59 Å². The average molecular weight is 525 g/mol. The summed E-state index contributed by atoms with van der Waals surface area (Å²) in [4.78, 5) is 39.3. The van der Waals surface area contributed by atoms with Crippen molar-refractivity contribution in [1.29, 1.82) is 0 Å². The summed E-state index contributed by atoms with van der Waals surface area (Å²) >= 11 is 0. The van der Waals surface area contributed by atoms with Crippen molar-refractivity contribution in [3.05, 3.63) is 59.7 Å². The van der Waals surface area contributed by atoms with E-state index in [1.807, 2.05) is 38.1 Å². The summed E-state index contributed by atoms with van der Waals surface area (Å²) in [6.07, 6.45) is 0.949.